The third-order valence-electron chi connectivity index (χ3n) is 3.81. The molecule has 0 aliphatic rings. The van der Waals surface area contributed by atoms with Crippen molar-refractivity contribution in [1.82, 2.24) is 4.90 Å². The Labute approximate surface area is 132 Å². The van der Waals surface area contributed by atoms with Crippen molar-refractivity contribution in [2.75, 3.05) is 13.1 Å². The van der Waals surface area contributed by atoms with Crippen LogP contribution in [0.5, 0.6) is 0 Å². The zero-order chi connectivity index (χ0) is 15.8. The van der Waals surface area contributed by atoms with E-state index >= 15 is 0 Å². The molecule has 118 valence electrons. The molecular formula is C19H25NO2. The van der Waals surface area contributed by atoms with Gasteiger partial charge >= 0.3 is 0 Å². The lowest BCUT2D eigenvalue weighted by Gasteiger charge is -2.24. The second-order valence-corrected chi connectivity index (χ2v) is 5.56. The fourth-order valence-electron chi connectivity index (χ4n) is 2.76. The Hall–Kier alpha value is -2.03. The van der Waals surface area contributed by atoms with E-state index in [1.807, 2.05) is 35.2 Å². The number of furan rings is 1. The molecule has 1 amide bonds. The summed E-state index contributed by atoms with van der Waals surface area (Å²) >= 11 is 0. The summed E-state index contributed by atoms with van der Waals surface area (Å²) in [6.45, 7) is 5.87. The standard InChI is InChI=1S/C19H25NO2/c1-3-12-20(13-4-2)19(21)15-17(18-11-8-14-22-18)16-9-6-5-7-10-16/h5-11,14,17H,3-4,12-13,15H2,1-2H3/t17-/m0/s1. The maximum absolute atomic E-state index is 12.7. The van der Waals surface area contributed by atoms with Crippen molar-refractivity contribution in [3.8, 4) is 0 Å². The van der Waals surface area contributed by atoms with Crippen molar-refractivity contribution < 1.29 is 9.21 Å². The van der Waals surface area contributed by atoms with Crippen LogP contribution >= 0.6 is 0 Å². The van der Waals surface area contributed by atoms with Crippen molar-refractivity contribution in [3.63, 3.8) is 0 Å². The van der Waals surface area contributed by atoms with Crippen molar-refractivity contribution in [1.29, 1.82) is 0 Å². The van der Waals surface area contributed by atoms with Crippen LogP contribution in [0.1, 0.15) is 50.4 Å². The number of nitrogens with zero attached hydrogens (tertiary/aromatic N) is 1. The molecule has 0 radical (unpaired) electrons. The molecule has 1 atom stereocenters. The van der Waals surface area contributed by atoms with Crippen LogP contribution in [0.4, 0.5) is 0 Å². The minimum Gasteiger partial charge on any atom is -0.469 e. The van der Waals surface area contributed by atoms with E-state index < -0.39 is 0 Å². The molecule has 0 fully saturated rings. The van der Waals surface area contributed by atoms with Crippen LogP contribution in [0.2, 0.25) is 0 Å². The largest absolute Gasteiger partial charge is 0.469 e. The van der Waals surface area contributed by atoms with E-state index in [0.29, 0.717) is 6.42 Å². The van der Waals surface area contributed by atoms with E-state index in [2.05, 4.69) is 26.0 Å². The zero-order valence-corrected chi connectivity index (χ0v) is 13.5. The average molecular weight is 299 g/mol. The summed E-state index contributed by atoms with van der Waals surface area (Å²) in [5.74, 6) is 1.04. The number of carbonyl (C=O) groups excluding carboxylic acids is 1. The predicted molar refractivity (Wildman–Crippen MR) is 88.8 cm³/mol. The second kappa shape index (κ2) is 8.42. The highest BCUT2D eigenvalue weighted by molar-refractivity contribution is 5.77. The molecule has 1 heterocycles. The van der Waals surface area contributed by atoms with E-state index in [-0.39, 0.29) is 11.8 Å². The Morgan fingerprint density at radius 3 is 2.27 bits per heavy atom. The lowest BCUT2D eigenvalue weighted by molar-refractivity contribution is -0.131. The third kappa shape index (κ3) is 4.23. The summed E-state index contributed by atoms with van der Waals surface area (Å²) in [5.41, 5.74) is 1.12. The summed E-state index contributed by atoms with van der Waals surface area (Å²) in [4.78, 5) is 14.7. The second-order valence-electron chi connectivity index (χ2n) is 5.56. The van der Waals surface area contributed by atoms with E-state index in [9.17, 15) is 4.79 Å². The molecule has 3 nitrogen and oxygen atoms in total. The average Bonchev–Trinajstić information content (AvgIpc) is 3.07. The van der Waals surface area contributed by atoms with Crippen LogP contribution in [-0.4, -0.2) is 23.9 Å². The van der Waals surface area contributed by atoms with Gasteiger partial charge in [-0.2, -0.15) is 0 Å². The molecule has 0 aliphatic heterocycles. The number of hydrogen-bond donors (Lipinski definition) is 0. The highest BCUT2D eigenvalue weighted by atomic mass is 16.3. The van der Waals surface area contributed by atoms with Gasteiger partial charge in [0.2, 0.25) is 5.91 Å². The molecule has 3 heteroatoms. The van der Waals surface area contributed by atoms with Crippen LogP contribution in [0.25, 0.3) is 0 Å². The Morgan fingerprint density at radius 1 is 1.05 bits per heavy atom. The Kier molecular flexibility index (Phi) is 6.26. The molecule has 0 aliphatic carbocycles. The van der Waals surface area contributed by atoms with Crippen LogP contribution in [-0.2, 0) is 4.79 Å². The Morgan fingerprint density at radius 2 is 1.73 bits per heavy atom. The van der Waals surface area contributed by atoms with E-state index in [1.165, 1.54) is 0 Å². The molecule has 0 saturated heterocycles. The smallest absolute Gasteiger partial charge is 0.223 e. The lowest BCUT2D eigenvalue weighted by atomic mass is 9.92. The van der Waals surface area contributed by atoms with Crippen LogP contribution in [0.3, 0.4) is 0 Å². The van der Waals surface area contributed by atoms with Gasteiger partial charge in [-0.15, -0.1) is 0 Å². The first-order valence-electron chi connectivity index (χ1n) is 8.12. The maximum atomic E-state index is 12.7. The zero-order valence-electron chi connectivity index (χ0n) is 13.5. The summed E-state index contributed by atoms with van der Waals surface area (Å²) in [6.07, 6.45) is 4.11. The van der Waals surface area contributed by atoms with Gasteiger partial charge in [-0.25, -0.2) is 0 Å². The normalized spacial score (nSPS) is 12.1. The quantitative estimate of drug-likeness (QED) is 0.721. The molecule has 0 saturated carbocycles. The van der Waals surface area contributed by atoms with Gasteiger partial charge in [0.1, 0.15) is 5.76 Å². The number of benzene rings is 1. The SMILES string of the molecule is CCCN(CCC)C(=O)C[C@@H](c1ccccc1)c1ccco1. The number of hydrogen-bond acceptors (Lipinski definition) is 2. The van der Waals surface area contributed by atoms with Crippen LogP contribution < -0.4 is 0 Å². The minimum atomic E-state index is -0.0140. The highest BCUT2D eigenvalue weighted by Crippen LogP contribution is 2.29. The predicted octanol–water partition coefficient (Wildman–Crippen LogP) is 4.45. The molecule has 0 unspecified atom stereocenters. The summed E-state index contributed by atoms with van der Waals surface area (Å²) in [5, 5.41) is 0. The van der Waals surface area contributed by atoms with Crippen molar-refractivity contribution in [3.05, 3.63) is 60.1 Å². The lowest BCUT2D eigenvalue weighted by Crippen LogP contribution is -2.33. The Bertz CT molecular complexity index is 542. The van der Waals surface area contributed by atoms with Gasteiger partial charge in [-0.1, -0.05) is 44.2 Å². The van der Waals surface area contributed by atoms with E-state index in [4.69, 9.17) is 4.42 Å². The molecule has 0 N–H and O–H groups in total. The molecule has 0 spiro atoms. The Balaban J connectivity index is 2.18. The number of carbonyl (C=O) groups is 1. The van der Waals surface area contributed by atoms with Crippen molar-refractivity contribution in [2.24, 2.45) is 0 Å². The molecule has 1 aromatic carbocycles. The fourth-order valence-corrected chi connectivity index (χ4v) is 2.76. The van der Waals surface area contributed by atoms with Gasteiger partial charge in [0.15, 0.2) is 0 Å². The summed E-state index contributed by atoms with van der Waals surface area (Å²) < 4.78 is 5.58. The molecule has 1 aromatic heterocycles. The van der Waals surface area contributed by atoms with Gasteiger partial charge in [-0.3, -0.25) is 4.79 Å². The highest BCUT2D eigenvalue weighted by Gasteiger charge is 2.23. The first kappa shape index (κ1) is 16.3. The molecule has 22 heavy (non-hydrogen) atoms. The van der Waals surface area contributed by atoms with Crippen molar-refractivity contribution >= 4 is 5.91 Å². The molecule has 2 rings (SSSR count). The third-order valence-corrected chi connectivity index (χ3v) is 3.81. The first-order valence-corrected chi connectivity index (χ1v) is 8.12. The maximum Gasteiger partial charge on any atom is 0.223 e. The van der Waals surface area contributed by atoms with Gasteiger partial charge in [0.25, 0.3) is 0 Å². The monoisotopic (exact) mass is 299 g/mol. The topological polar surface area (TPSA) is 33.5 Å². The molecule has 2 aromatic rings. The molecular weight excluding hydrogens is 274 g/mol. The minimum absolute atomic E-state index is 0.0140. The van der Waals surface area contributed by atoms with E-state index in [0.717, 1.165) is 37.3 Å². The fraction of sp³-hybridized carbons (Fsp3) is 0.421. The van der Waals surface area contributed by atoms with Crippen LogP contribution in [0.15, 0.2) is 53.1 Å². The van der Waals surface area contributed by atoms with Crippen LogP contribution in [0, 0.1) is 0 Å². The number of rotatable bonds is 8. The molecule has 0 bridgehead atoms. The van der Waals surface area contributed by atoms with Gasteiger partial charge in [0, 0.05) is 19.5 Å². The van der Waals surface area contributed by atoms with E-state index in [1.54, 1.807) is 6.26 Å². The first-order chi connectivity index (χ1) is 10.8. The van der Waals surface area contributed by atoms with Crippen molar-refractivity contribution in [2.45, 2.75) is 39.0 Å². The van der Waals surface area contributed by atoms with Gasteiger partial charge in [-0.05, 0) is 30.5 Å². The van der Waals surface area contributed by atoms with Gasteiger partial charge < -0.3 is 9.32 Å². The van der Waals surface area contributed by atoms with Gasteiger partial charge in [0.05, 0.1) is 12.2 Å². The summed E-state index contributed by atoms with van der Waals surface area (Å²) in [7, 11) is 0. The summed E-state index contributed by atoms with van der Waals surface area (Å²) in [6, 6.07) is 14.0. The number of amides is 1.